The predicted octanol–water partition coefficient (Wildman–Crippen LogP) is 1.94. The van der Waals surface area contributed by atoms with Crippen LogP contribution in [0.1, 0.15) is 23.9 Å². The average molecular weight is 276 g/mol. The molecule has 1 fully saturated rings. The van der Waals surface area contributed by atoms with Gasteiger partial charge in [0.25, 0.3) is 5.56 Å². The van der Waals surface area contributed by atoms with E-state index in [2.05, 4.69) is 9.97 Å². The first-order valence-corrected chi connectivity index (χ1v) is 6.96. The first kappa shape index (κ1) is 12.2. The van der Waals surface area contributed by atoms with Crippen LogP contribution < -0.4 is 5.56 Å². The summed E-state index contributed by atoms with van der Waals surface area (Å²) >= 11 is 1.36. The summed E-state index contributed by atoms with van der Waals surface area (Å²) in [6, 6.07) is 7.15. The number of carboxylic acid groups (broad SMARTS) is 1. The van der Waals surface area contributed by atoms with Crippen LogP contribution in [0.5, 0.6) is 0 Å². The molecule has 1 aliphatic heterocycles. The van der Waals surface area contributed by atoms with Crippen LogP contribution in [-0.2, 0) is 4.79 Å². The monoisotopic (exact) mass is 276 g/mol. The van der Waals surface area contributed by atoms with Crippen molar-refractivity contribution in [3.63, 3.8) is 0 Å². The van der Waals surface area contributed by atoms with Gasteiger partial charge in [0, 0.05) is 0 Å². The summed E-state index contributed by atoms with van der Waals surface area (Å²) in [5.74, 6) is -0.215. The summed E-state index contributed by atoms with van der Waals surface area (Å²) < 4.78 is 0. The van der Waals surface area contributed by atoms with Crippen molar-refractivity contribution < 1.29 is 9.90 Å². The smallest absolute Gasteiger partial charge is 0.316 e. The fourth-order valence-corrected chi connectivity index (χ4v) is 3.57. The zero-order valence-electron chi connectivity index (χ0n) is 10.00. The third kappa shape index (κ3) is 2.23. The molecule has 98 valence electrons. The van der Waals surface area contributed by atoms with Gasteiger partial charge in [-0.3, -0.25) is 9.59 Å². The molecule has 19 heavy (non-hydrogen) atoms. The lowest BCUT2D eigenvalue weighted by Gasteiger charge is -2.09. The Morgan fingerprint density at radius 1 is 1.37 bits per heavy atom. The van der Waals surface area contributed by atoms with Crippen LogP contribution in [0.4, 0.5) is 0 Å². The molecular formula is C13H12N2O3S. The number of nitrogens with zero attached hydrogens (tertiary/aromatic N) is 1. The zero-order chi connectivity index (χ0) is 13.4. The SMILES string of the molecule is O=C(O)[C@@H]1CC[C@@H](c2nc3ccccc3c(=O)[nH]2)S1. The number of hydrogen-bond acceptors (Lipinski definition) is 4. The molecule has 0 bridgehead atoms. The van der Waals surface area contributed by atoms with Gasteiger partial charge in [-0.25, -0.2) is 4.98 Å². The molecule has 6 heteroatoms. The van der Waals surface area contributed by atoms with Crippen LogP contribution in [0.2, 0.25) is 0 Å². The summed E-state index contributed by atoms with van der Waals surface area (Å²) in [5, 5.41) is 9.11. The molecule has 0 spiro atoms. The number of carboxylic acids is 1. The van der Waals surface area contributed by atoms with Crippen molar-refractivity contribution in [3.05, 3.63) is 40.4 Å². The van der Waals surface area contributed by atoms with Crippen LogP contribution in [0, 0.1) is 0 Å². The Morgan fingerprint density at radius 2 is 2.16 bits per heavy atom. The third-order valence-corrected chi connectivity index (χ3v) is 4.78. The van der Waals surface area contributed by atoms with Crippen molar-refractivity contribution in [2.45, 2.75) is 23.3 Å². The van der Waals surface area contributed by atoms with Gasteiger partial charge in [-0.15, -0.1) is 11.8 Å². The summed E-state index contributed by atoms with van der Waals surface area (Å²) in [6.45, 7) is 0. The molecule has 5 nitrogen and oxygen atoms in total. The van der Waals surface area contributed by atoms with Gasteiger partial charge < -0.3 is 10.1 Å². The van der Waals surface area contributed by atoms with Gasteiger partial charge in [0.05, 0.1) is 16.2 Å². The van der Waals surface area contributed by atoms with Crippen molar-refractivity contribution >= 4 is 28.6 Å². The molecule has 1 saturated heterocycles. The van der Waals surface area contributed by atoms with E-state index in [9.17, 15) is 9.59 Å². The topological polar surface area (TPSA) is 83.0 Å². The Labute approximate surface area is 113 Å². The minimum Gasteiger partial charge on any atom is -0.480 e. The number of aliphatic carboxylic acids is 1. The van der Waals surface area contributed by atoms with Gasteiger partial charge in [-0.1, -0.05) is 12.1 Å². The molecule has 2 atom stereocenters. The highest BCUT2D eigenvalue weighted by Gasteiger charge is 2.32. The Balaban J connectivity index is 1.98. The second-order valence-electron chi connectivity index (χ2n) is 4.50. The molecule has 2 aromatic rings. The molecule has 0 unspecified atom stereocenters. The van der Waals surface area contributed by atoms with E-state index >= 15 is 0 Å². The fraction of sp³-hybridized carbons (Fsp3) is 0.308. The second kappa shape index (κ2) is 4.70. The number of hydrogen-bond donors (Lipinski definition) is 2. The van der Waals surface area contributed by atoms with E-state index in [4.69, 9.17) is 5.11 Å². The number of H-pyrrole nitrogens is 1. The van der Waals surface area contributed by atoms with Gasteiger partial charge in [-0.2, -0.15) is 0 Å². The minimum absolute atomic E-state index is 0.0431. The van der Waals surface area contributed by atoms with Gasteiger partial charge >= 0.3 is 5.97 Å². The van der Waals surface area contributed by atoms with Gasteiger partial charge in [0.15, 0.2) is 0 Å². The van der Waals surface area contributed by atoms with Crippen molar-refractivity contribution in [3.8, 4) is 0 Å². The molecule has 1 aromatic carbocycles. The van der Waals surface area contributed by atoms with Crippen molar-refractivity contribution in [1.29, 1.82) is 0 Å². The van der Waals surface area contributed by atoms with Gasteiger partial charge in [0.2, 0.25) is 0 Å². The molecule has 3 rings (SSSR count). The molecule has 2 heterocycles. The van der Waals surface area contributed by atoms with E-state index in [0.717, 1.165) is 6.42 Å². The molecular weight excluding hydrogens is 264 g/mol. The summed E-state index contributed by atoms with van der Waals surface area (Å²) in [6.07, 6.45) is 1.34. The first-order valence-electron chi connectivity index (χ1n) is 6.02. The summed E-state index contributed by atoms with van der Waals surface area (Å²) in [5.41, 5.74) is 0.487. The van der Waals surface area contributed by atoms with Crippen LogP contribution in [-0.4, -0.2) is 26.3 Å². The van der Waals surface area contributed by atoms with Crippen molar-refractivity contribution in [1.82, 2.24) is 9.97 Å². The second-order valence-corrected chi connectivity index (χ2v) is 5.91. The number of aromatic amines is 1. The normalized spacial score (nSPS) is 22.7. The summed E-state index contributed by atoms with van der Waals surface area (Å²) in [7, 11) is 0. The fourth-order valence-electron chi connectivity index (χ4n) is 2.28. The third-order valence-electron chi connectivity index (χ3n) is 3.23. The van der Waals surface area contributed by atoms with E-state index < -0.39 is 11.2 Å². The van der Waals surface area contributed by atoms with E-state index in [0.29, 0.717) is 23.1 Å². The molecule has 0 saturated carbocycles. The van der Waals surface area contributed by atoms with Crippen molar-refractivity contribution in [2.75, 3.05) is 0 Å². The number of carbonyl (C=O) groups is 1. The Kier molecular flexibility index (Phi) is 3.02. The number of thioether (sulfide) groups is 1. The molecule has 1 aromatic heterocycles. The number of rotatable bonds is 2. The van der Waals surface area contributed by atoms with E-state index in [1.54, 1.807) is 18.2 Å². The molecule has 1 aliphatic rings. The van der Waals surface area contributed by atoms with E-state index in [-0.39, 0.29) is 10.8 Å². The quantitative estimate of drug-likeness (QED) is 0.876. The molecule has 0 radical (unpaired) electrons. The van der Waals surface area contributed by atoms with Crippen LogP contribution >= 0.6 is 11.8 Å². The van der Waals surface area contributed by atoms with Crippen LogP contribution in [0.3, 0.4) is 0 Å². The number of para-hydroxylation sites is 1. The number of benzene rings is 1. The van der Waals surface area contributed by atoms with Gasteiger partial charge in [-0.05, 0) is 25.0 Å². The lowest BCUT2D eigenvalue weighted by atomic mass is 10.2. The minimum atomic E-state index is -0.796. The highest BCUT2D eigenvalue weighted by molar-refractivity contribution is 8.01. The van der Waals surface area contributed by atoms with E-state index in [1.165, 1.54) is 11.8 Å². The van der Waals surface area contributed by atoms with Crippen molar-refractivity contribution in [2.24, 2.45) is 0 Å². The van der Waals surface area contributed by atoms with E-state index in [1.807, 2.05) is 6.07 Å². The standard InChI is InChI=1S/C13H12N2O3S/c16-12-7-3-1-2-4-8(7)14-11(15-12)9-5-6-10(19-9)13(17)18/h1-4,9-10H,5-6H2,(H,17,18)(H,14,15,16)/t9-,10-/m0/s1. The lowest BCUT2D eigenvalue weighted by Crippen LogP contribution is -2.14. The maximum atomic E-state index is 12.0. The Bertz CT molecular complexity index is 698. The zero-order valence-corrected chi connectivity index (χ0v) is 10.8. The summed E-state index contributed by atoms with van der Waals surface area (Å²) in [4.78, 5) is 30.1. The Hall–Kier alpha value is -1.82. The predicted molar refractivity (Wildman–Crippen MR) is 73.4 cm³/mol. The van der Waals surface area contributed by atoms with Crippen LogP contribution in [0.15, 0.2) is 29.1 Å². The Morgan fingerprint density at radius 3 is 2.89 bits per heavy atom. The maximum Gasteiger partial charge on any atom is 0.316 e. The lowest BCUT2D eigenvalue weighted by molar-refractivity contribution is -0.136. The molecule has 0 amide bonds. The van der Waals surface area contributed by atoms with Crippen LogP contribution in [0.25, 0.3) is 10.9 Å². The highest BCUT2D eigenvalue weighted by atomic mass is 32.2. The largest absolute Gasteiger partial charge is 0.480 e. The highest BCUT2D eigenvalue weighted by Crippen LogP contribution is 2.43. The first-order chi connectivity index (χ1) is 9.15. The van der Waals surface area contributed by atoms with Gasteiger partial charge in [0.1, 0.15) is 11.1 Å². The number of fused-ring (bicyclic) bond motifs is 1. The number of aromatic nitrogens is 2. The molecule has 0 aliphatic carbocycles. The molecule has 2 N–H and O–H groups in total. The average Bonchev–Trinajstić information content (AvgIpc) is 2.88. The number of nitrogens with one attached hydrogen (secondary N) is 1. The maximum absolute atomic E-state index is 12.0.